The second kappa shape index (κ2) is 7.57. The summed E-state index contributed by atoms with van der Waals surface area (Å²) in [5, 5.41) is 0.728. The molecule has 0 saturated heterocycles. The normalized spacial score (nSPS) is 15.7. The quantitative estimate of drug-likeness (QED) is 0.563. The Morgan fingerprint density at radius 3 is 2.41 bits per heavy atom. The zero-order valence-corrected chi connectivity index (χ0v) is 15.5. The van der Waals surface area contributed by atoms with Gasteiger partial charge in [0.15, 0.2) is 5.82 Å². The maximum Gasteiger partial charge on any atom is 0.419 e. The lowest BCUT2D eigenvalue weighted by Gasteiger charge is -2.22. The van der Waals surface area contributed by atoms with E-state index in [4.69, 9.17) is 0 Å². The first kappa shape index (κ1) is 19.5. The van der Waals surface area contributed by atoms with Crippen LogP contribution in [0.1, 0.15) is 37.7 Å². The third-order valence-corrected chi connectivity index (χ3v) is 5.46. The van der Waals surface area contributed by atoms with Gasteiger partial charge in [-0.05, 0) is 42.3 Å². The molecule has 0 radical (unpaired) electrons. The molecule has 3 aromatic rings. The van der Waals surface area contributed by atoms with Crippen molar-refractivity contribution >= 4 is 10.8 Å². The average molecular weight is 405 g/mol. The highest BCUT2D eigenvalue weighted by Crippen LogP contribution is 2.30. The number of aromatic nitrogens is 3. The van der Waals surface area contributed by atoms with Gasteiger partial charge in [0.25, 0.3) is 5.56 Å². The summed E-state index contributed by atoms with van der Waals surface area (Å²) in [7, 11) is 0. The van der Waals surface area contributed by atoms with Crippen molar-refractivity contribution in [3.05, 3.63) is 58.5 Å². The lowest BCUT2D eigenvalue weighted by Crippen LogP contribution is -2.24. The monoisotopic (exact) mass is 405 g/mol. The molecule has 0 bridgehead atoms. The summed E-state index contributed by atoms with van der Waals surface area (Å²) in [5.41, 5.74) is -1.32. The van der Waals surface area contributed by atoms with E-state index in [2.05, 4.69) is 9.97 Å². The van der Waals surface area contributed by atoms with E-state index in [1.807, 2.05) is 0 Å². The summed E-state index contributed by atoms with van der Waals surface area (Å²) in [6, 6.07) is 4.23. The molecule has 0 aliphatic heterocycles. The summed E-state index contributed by atoms with van der Waals surface area (Å²) >= 11 is 0. The van der Waals surface area contributed by atoms with E-state index in [9.17, 15) is 22.4 Å². The molecule has 0 amide bonds. The number of nitrogens with zero attached hydrogens (tertiary/aromatic N) is 3. The van der Waals surface area contributed by atoms with Gasteiger partial charge in [0.05, 0.1) is 16.5 Å². The van der Waals surface area contributed by atoms with Crippen LogP contribution in [0.25, 0.3) is 22.2 Å². The first-order valence-electron chi connectivity index (χ1n) is 9.55. The molecule has 1 saturated carbocycles. The van der Waals surface area contributed by atoms with Crippen molar-refractivity contribution in [2.24, 2.45) is 5.92 Å². The molecule has 1 aliphatic carbocycles. The Balaban J connectivity index is 1.68. The fourth-order valence-corrected chi connectivity index (χ4v) is 3.88. The smallest absolute Gasteiger partial charge is 0.315 e. The van der Waals surface area contributed by atoms with Gasteiger partial charge in [0.2, 0.25) is 0 Å². The highest BCUT2D eigenvalue weighted by Gasteiger charge is 2.31. The largest absolute Gasteiger partial charge is 0.419 e. The number of pyridine rings is 1. The number of rotatable bonds is 3. The SMILES string of the molecule is O=c1c2cc(F)c(-c3ncc(C(F)(F)F)cn3)cc2ccn1CC1CCCCC1. The van der Waals surface area contributed by atoms with E-state index in [-0.39, 0.29) is 22.3 Å². The Bertz CT molecular complexity index is 1080. The van der Waals surface area contributed by atoms with Crippen LogP contribution >= 0.6 is 0 Å². The molecule has 1 aromatic carbocycles. The standard InChI is InChI=1S/C21H19F4N3O/c22-18-9-16-14(6-7-28(20(16)29)12-13-4-2-1-3-5-13)8-17(18)19-26-10-15(11-27-19)21(23,24)25/h6-11,13H,1-5,12H2. The first-order valence-corrected chi connectivity index (χ1v) is 9.55. The third-order valence-electron chi connectivity index (χ3n) is 5.46. The van der Waals surface area contributed by atoms with E-state index in [0.29, 0.717) is 30.2 Å². The molecule has 0 spiro atoms. The topological polar surface area (TPSA) is 47.8 Å². The van der Waals surface area contributed by atoms with Crippen molar-refractivity contribution in [1.29, 1.82) is 0 Å². The van der Waals surface area contributed by atoms with E-state index in [0.717, 1.165) is 31.7 Å². The molecule has 4 nitrogen and oxygen atoms in total. The van der Waals surface area contributed by atoms with Crippen LogP contribution in [0, 0.1) is 11.7 Å². The Morgan fingerprint density at radius 1 is 1.07 bits per heavy atom. The number of alkyl halides is 3. The molecule has 4 rings (SSSR count). The van der Waals surface area contributed by atoms with Crippen LogP contribution in [0.3, 0.4) is 0 Å². The van der Waals surface area contributed by atoms with E-state index >= 15 is 0 Å². The van der Waals surface area contributed by atoms with E-state index < -0.39 is 17.6 Å². The minimum Gasteiger partial charge on any atom is -0.315 e. The fraction of sp³-hybridized carbons (Fsp3) is 0.381. The van der Waals surface area contributed by atoms with Crippen molar-refractivity contribution in [2.75, 3.05) is 0 Å². The zero-order chi connectivity index (χ0) is 20.6. The van der Waals surface area contributed by atoms with Gasteiger partial charge in [0.1, 0.15) is 5.82 Å². The van der Waals surface area contributed by atoms with Gasteiger partial charge in [-0.2, -0.15) is 13.2 Å². The molecular weight excluding hydrogens is 386 g/mol. The summed E-state index contributed by atoms with van der Waals surface area (Å²) < 4.78 is 54.3. The van der Waals surface area contributed by atoms with Crippen molar-refractivity contribution in [3.63, 3.8) is 0 Å². The maximum atomic E-state index is 14.7. The summed E-state index contributed by atoms with van der Waals surface area (Å²) in [4.78, 5) is 20.1. The van der Waals surface area contributed by atoms with Crippen LogP contribution in [-0.2, 0) is 12.7 Å². The molecule has 1 aliphatic rings. The van der Waals surface area contributed by atoms with Crippen molar-refractivity contribution in [1.82, 2.24) is 14.5 Å². The molecule has 1 fully saturated rings. The predicted molar refractivity (Wildman–Crippen MR) is 101 cm³/mol. The van der Waals surface area contributed by atoms with Gasteiger partial charge in [-0.1, -0.05) is 19.3 Å². The summed E-state index contributed by atoms with van der Waals surface area (Å²) in [5.74, 6) is -0.461. The van der Waals surface area contributed by atoms with Gasteiger partial charge in [-0.25, -0.2) is 14.4 Å². The lowest BCUT2D eigenvalue weighted by atomic mass is 9.89. The summed E-state index contributed by atoms with van der Waals surface area (Å²) in [6.07, 6.45) is 4.09. The van der Waals surface area contributed by atoms with Crippen LogP contribution in [0.4, 0.5) is 17.6 Å². The number of halogens is 4. The molecular formula is C21H19F4N3O. The van der Waals surface area contributed by atoms with Crippen LogP contribution < -0.4 is 5.56 Å². The molecule has 0 unspecified atom stereocenters. The second-order valence-electron chi connectivity index (χ2n) is 7.49. The Morgan fingerprint density at radius 2 is 1.76 bits per heavy atom. The molecule has 2 heterocycles. The van der Waals surface area contributed by atoms with Crippen molar-refractivity contribution in [2.45, 2.75) is 44.8 Å². The Labute approximate surface area is 164 Å². The fourth-order valence-electron chi connectivity index (χ4n) is 3.88. The van der Waals surface area contributed by atoms with Gasteiger partial charge >= 0.3 is 6.18 Å². The Hall–Kier alpha value is -2.77. The maximum absolute atomic E-state index is 14.7. The minimum atomic E-state index is -4.57. The molecule has 0 atom stereocenters. The second-order valence-corrected chi connectivity index (χ2v) is 7.49. The summed E-state index contributed by atoms with van der Waals surface area (Å²) in [6.45, 7) is 0.611. The molecule has 0 N–H and O–H groups in total. The molecule has 29 heavy (non-hydrogen) atoms. The molecule has 2 aromatic heterocycles. The number of hydrogen-bond donors (Lipinski definition) is 0. The average Bonchev–Trinajstić information content (AvgIpc) is 2.70. The van der Waals surface area contributed by atoms with Crippen LogP contribution in [-0.4, -0.2) is 14.5 Å². The van der Waals surface area contributed by atoms with Crippen molar-refractivity contribution in [3.8, 4) is 11.4 Å². The highest BCUT2D eigenvalue weighted by molar-refractivity contribution is 5.85. The minimum absolute atomic E-state index is 0.0457. The Kier molecular flexibility index (Phi) is 5.10. The highest BCUT2D eigenvalue weighted by atomic mass is 19.4. The van der Waals surface area contributed by atoms with Crippen LogP contribution in [0.15, 0.2) is 41.6 Å². The number of fused-ring (bicyclic) bond motifs is 1. The van der Waals surface area contributed by atoms with Crippen molar-refractivity contribution < 1.29 is 17.6 Å². The lowest BCUT2D eigenvalue weighted by molar-refractivity contribution is -0.138. The van der Waals surface area contributed by atoms with Crippen LogP contribution in [0.2, 0.25) is 0 Å². The van der Waals surface area contributed by atoms with Gasteiger partial charge in [-0.3, -0.25) is 4.79 Å². The molecule has 8 heteroatoms. The number of hydrogen-bond acceptors (Lipinski definition) is 3. The number of benzene rings is 1. The molecule has 152 valence electrons. The van der Waals surface area contributed by atoms with Gasteiger partial charge in [-0.15, -0.1) is 0 Å². The van der Waals surface area contributed by atoms with Crippen LogP contribution in [0.5, 0.6) is 0 Å². The third kappa shape index (κ3) is 4.02. The van der Waals surface area contributed by atoms with Gasteiger partial charge < -0.3 is 4.57 Å². The zero-order valence-electron chi connectivity index (χ0n) is 15.5. The van der Waals surface area contributed by atoms with E-state index in [1.165, 1.54) is 12.5 Å². The predicted octanol–water partition coefficient (Wildman–Crippen LogP) is 5.20. The van der Waals surface area contributed by atoms with Gasteiger partial charge in [0, 0.05) is 25.1 Å². The van der Waals surface area contributed by atoms with E-state index in [1.54, 1.807) is 16.8 Å². The first-order chi connectivity index (χ1) is 13.8.